The third-order valence-corrected chi connectivity index (χ3v) is 3.70. The Bertz CT molecular complexity index is 851. The number of carbonyl (C=O) groups is 1. The lowest BCUT2D eigenvalue weighted by Crippen LogP contribution is -2.23. The zero-order chi connectivity index (χ0) is 17.1. The molecule has 7 nitrogen and oxygen atoms in total. The minimum atomic E-state index is -0.218. The number of para-hydroxylation sites is 1. The number of rotatable bonds is 5. The molecule has 0 radical (unpaired) electrons. The Morgan fingerprint density at radius 1 is 1.29 bits per heavy atom. The third kappa shape index (κ3) is 3.01. The first-order chi connectivity index (χ1) is 11.6. The number of methoxy groups -OCH3 is 1. The van der Waals surface area contributed by atoms with Crippen LogP contribution in [0.2, 0.25) is 0 Å². The fourth-order valence-electron chi connectivity index (χ4n) is 2.58. The number of hydrogen-bond donors (Lipinski definition) is 1. The highest BCUT2D eigenvalue weighted by Crippen LogP contribution is 2.20. The second-order valence-electron chi connectivity index (χ2n) is 5.40. The molecule has 0 aliphatic rings. The number of nitrogens with one attached hydrogen (secondary N) is 1. The smallest absolute Gasteiger partial charge is 0.258 e. The number of ether oxygens (including phenoxy) is 1. The Morgan fingerprint density at radius 2 is 2.04 bits per heavy atom. The topological polar surface area (TPSA) is 74.0 Å². The van der Waals surface area contributed by atoms with Crippen molar-refractivity contribution < 1.29 is 9.53 Å². The van der Waals surface area contributed by atoms with Gasteiger partial charge in [0.2, 0.25) is 5.88 Å². The molecule has 2 heterocycles. The molecule has 24 heavy (non-hydrogen) atoms. The van der Waals surface area contributed by atoms with Gasteiger partial charge in [-0.2, -0.15) is 10.2 Å². The van der Waals surface area contributed by atoms with Crippen LogP contribution in [0, 0.1) is 6.92 Å². The zero-order valence-electron chi connectivity index (χ0n) is 13.9. The van der Waals surface area contributed by atoms with Gasteiger partial charge < -0.3 is 10.1 Å². The average molecular weight is 325 g/mol. The van der Waals surface area contributed by atoms with Crippen LogP contribution >= 0.6 is 0 Å². The van der Waals surface area contributed by atoms with E-state index in [1.165, 1.54) is 7.11 Å². The lowest BCUT2D eigenvalue weighted by molar-refractivity contribution is 0.0947. The van der Waals surface area contributed by atoms with E-state index in [1.54, 1.807) is 29.5 Å². The zero-order valence-corrected chi connectivity index (χ0v) is 13.9. The van der Waals surface area contributed by atoms with E-state index in [4.69, 9.17) is 4.74 Å². The molecule has 0 unspecified atom stereocenters. The van der Waals surface area contributed by atoms with Crippen molar-refractivity contribution in [3.63, 3.8) is 0 Å². The van der Waals surface area contributed by atoms with Gasteiger partial charge in [-0.1, -0.05) is 18.2 Å². The van der Waals surface area contributed by atoms with E-state index >= 15 is 0 Å². The molecular weight excluding hydrogens is 306 g/mol. The highest BCUT2D eigenvalue weighted by Gasteiger charge is 2.20. The summed E-state index contributed by atoms with van der Waals surface area (Å²) in [5.41, 5.74) is 2.97. The van der Waals surface area contributed by atoms with E-state index in [0.29, 0.717) is 23.7 Å². The van der Waals surface area contributed by atoms with Gasteiger partial charge in [-0.3, -0.25) is 4.79 Å². The minimum absolute atomic E-state index is 0.218. The van der Waals surface area contributed by atoms with Crippen LogP contribution in [-0.2, 0) is 13.6 Å². The lowest BCUT2D eigenvalue weighted by Gasteiger charge is -2.06. The average Bonchev–Trinajstić information content (AvgIpc) is 3.17. The van der Waals surface area contributed by atoms with Crippen molar-refractivity contribution in [3.05, 3.63) is 59.5 Å². The Labute approximate surface area is 139 Å². The number of nitrogens with zero attached hydrogens (tertiary/aromatic N) is 4. The van der Waals surface area contributed by atoms with E-state index in [9.17, 15) is 4.79 Å². The van der Waals surface area contributed by atoms with Crippen LogP contribution in [0.25, 0.3) is 5.69 Å². The Kier molecular flexibility index (Phi) is 4.33. The molecule has 3 rings (SSSR count). The van der Waals surface area contributed by atoms with Crippen LogP contribution in [0.15, 0.2) is 42.7 Å². The standard InChI is InChI=1S/C17H19N5O2/c1-12-15(17(24-3)21(2)20-12)16(23)18-9-13-10-19-22(11-13)14-7-5-4-6-8-14/h4-8,10-11H,9H2,1-3H3,(H,18,23). The van der Waals surface area contributed by atoms with Gasteiger partial charge in [0.25, 0.3) is 5.91 Å². The number of aryl methyl sites for hydroxylation is 2. The first-order valence-electron chi connectivity index (χ1n) is 7.55. The summed E-state index contributed by atoms with van der Waals surface area (Å²) in [6.45, 7) is 2.16. The van der Waals surface area contributed by atoms with E-state index in [-0.39, 0.29) is 5.91 Å². The number of hydrogen-bond acceptors (Lipinski definition) is 4. The predicted octanol–water partition coefficient (Wildman–Crippen LogP) is 1.85. The summed E-state index contributed by atoms with van der Waals surface area (Å²) in [6.07, 6.45) is 3.63. The van der Waals surface area contributed by atoms with E-state index in [2.05, 4.69) is 15.5 Å². The first-order valence-corrected chi connectivity index (χ1v) is 7.55. The Hall–Kier alpha value is -3.09. The lowest BCUT2D eigenvalue weighted by atomic mass is 10.2. The monoisotopic (exact) mass is 325 g/mol. The summed E-state index contributed by atoms with van der Waals surface area (Å²) in [5.74, 6) is 0.231. The molecule has 2 aromatic heterocycles. The van der Waals surface area contributed by atoms with Gasteiger partial charge in [0, 0.05) is 25.4 Å². The SMILES string of the molecule is COc1c(C(=O)NCc2cnn(-c3ccccc3)c2)c(C)nn1C. The minimum Gasteiger partial charge on any atom is -0.481 e. The third-order valence-electron chi connectivity index (χ3n) is 3.70. The Morgan fingerprint density at radius 3 is 2.75 bits per heavy atom. The van der Waals surface area contributed by atoms with Gasteiger partial charge in [0.1, 0.15) is 5.56 Å². The number of aromatic nitrogens is 4. The molecule has 1 aromatic carbocycles. The van der Waals surface area contributed by atoms with Gasteiger partial charge in [0.15, 0.2) is 0 Å². The predicted molar refractivity (Wildman–Crippen MR) is 89.2 cm³/mol. The van der Waals surface area contributed by atoms with Crippen LogP contribution in [0.1, 0.15) is 21.6 Å². The number of carbonyl (C=O) groups excluding carboxylic acids is 1. The summed E-state index contributed by atoms with van der Waals surface area (Å²) in [4.78, 5) is 12.4. The van der Waals surface area contributed by atoms with Gasteiger partial charge in [0.05, 0.1) is 24.7 Å². The van der Waals surface area contributed by atoms with Crippen molar-refractivity contribution in [2.75, 3.05) is 7.11 Å². The number of amides is 1. The molecule has 0 aliphatic carbocycles. The van der Waals surface area contributed by atoms with Crippen LogP contribution in [-0.4, -0.2) is 32.6 Å². The van der Waals surface area contributed by atoms with Gasteiger partial charge in [-0.05, 0) is 19.1 Å². The van der Waals surface area contributed by atoms with E-state index in [1.807, 2.05) is 36.5 Å². The maximum Gasteiger partial charge on any atom is 0.258 e. The molecule has 0 bridgehead atoms. The summed E-state index contributed by atoms with van der Waals surface area (Å²) in [6, 6.07) is 9.81. The molecule has 1 N–H and O–H groups in total. The van der Waals surface area contributed by atoms with Crippen molar-refractivity contribution in [2.45, 2.75) is 13.5 Å². The molecule has 0 saturated heterocycles. The largest absolute Gasteiger partial charge is 0.481 e. The summed E-state index contributed by atoms with van der Waals surface area (Å²) < 4.78 is 8.58. The molecule has 0 fully saturated rings. The molecular formula is C17H19N5O2. The van der Waals surface area contributed by atoms with Gasteiger partial charge in [-0.25, -0.2) is 9.36 Å². The fourth-order valence-corrected chi connectivity index (χ4v) is 2.58. The highest BCUT2D eigenvalue weighted by molar-refractivity contribution is 5.97. The Balaban J connectivity index is 1.71. The molecule has 0 spiro atoms. The first kappa shape index (κ1) is 15.8. The maximum absolute atomic E-state index is 12.4. The van der Waals surface area contributed by atoms with E-state index < -0.39 is 0 Å². The van der Waals surface area contributed by atoms with Crippen LogP contribution in [0.4, 0.5) is 0 Å². The normalized spacial score (nSPS) is 10.6. The summed E-state index contributed by atoms with van der Waals surface area (Å²) >= 11 is 0. The fraction of sp³-hybridized carbons (Fsp3) is 0.235. The highest BCUT2D eigenvalue weighted by atomic mass is 16.5. The maximum atomic E-state index is 12.4. The van der Waals surface area contributed by atoms with Gasteiger partial charge >= 0.3 is 0 Å². The molecule has 7 heteroatoms. The van der Waals surface area contributed by atoms with Crippen molar-refractivity contribution in [1.29, 1.82) is 0 Å². The van der Waals surface area contributed by atoms with Crippen molar-refractivity contribution in [2.24, 2.45) is 7.05 Å². The second-order valence-corrected chi connectivity index (χ2v) is 5.40. The molecule has 3 aromatic rings. The molecule has 0 saturated carbocycles. The molecule has 1 amide bonds. The van der Waals surface area contributed by atoms with Crippen LogP contribution in [0.5, 0.6) is 5.88 Å². The quantitative estimate of drug-likeness (QED) is 0.777. The molecule has 124 valence electrons. The van der Waals surface area contributed by atoms with Gasteiger partial charge in [-0.15, -0.1) is 0 Å². The van der Waals surface area contributed by atoms with Crippen LogP contribution < -0.4 is 10.1 Å². The number of benzene rings is 1. The molecule has 0 aliphatic heterocycles. The summed E-state index contributed by atoms with van der Waals surface area (Å²) in [5, 5.41) is 11.4. The van der Waals surface area contributed by atoms with Crippen molar-refractivity contribution >= 4 is 5.91 Å². The van der Waals surface area contributed by atoms with E-state index in [0.717, 1.165) is 11.3 Å². The second kappa shape index (κ2) is 6.57. The summed E-state index contributed by atoms with van der Waals surface area (Å²) in [7, 11) is 3.27. The van der Waals surface area contributed by atoms with Crippen molar-refractivity contribution in [3.8, 4) is 11.6 Å². The molecule has 0 atom stereocenters. The van der Waals surface area contributed by atoms with Crippen molar-refractivity contribution in [1.82, 2.24) is 24.9 Å². The van der Waals surface area contributed by atoms with Crippen LogP contribution in [0.3, 0.4) is 0 Å².